The van der Waals surface area contributed by atoms with Crippen LogP contribution in [0.2, 0.25) is 0 Å². The lowest BCUT2D eigenvalue weighted by Crippen LogP contribution is -2.26. The number of nitrogens with zero attached hydrogens (tertiary/aromatic N) is 1. The summed E-state index contributed by atoms with van der Waals surface area (Å²) >= 11 is 0. The SMILES string of the molecule is CCC(CC)(c1c(CCN(C)C)[nH]c2ccccc12)P(=O)(O)O. The maximum atomic E-state index is 12.4. The van der Waals surface area contributed by atoms with E-state index in [4.69, 9.17) is 0 Å². The van der Waals surface area contributed by atoms with Crippen molar-refractivity contribution in [3.8, 4) is 0 Å². The summed E-state index contributed by atoms with van der Waals surface area (Å²) in [6.45, 7) is 4.55. The molecule has 0 radical (unpaired) electrons. The van der Waals surface area contributed by atoms with Gasteiger partial charge in [0.05, 0.1) is 5.16 Å². The van der Waals surface area contributed by atoms with Crippen LogP contribution in [0.25, 0.3) is 10.9 Å². The number of nitrogens with one attached hydrogen (secondary N) is 1. The molecule has 0 saturated carbocycles. The molecule has 6 heteroatoms. The fourth-order valence-corrected chi connectivity index (χ4v) is 4.78. The molecule has 0 spiro atoms. The van der Waals surface area contributed by atoms with Gasteiger partial charge in [-0.1, -0.05) is 32.0 Å². The summed E-state index contributed by atoms with van der Waals surface area (Å²) in [4.78, 5) is 25.8. The molecule has 1 aromatic carbocycles. The predicted octanol–water partition coefficient (Wildman–Crippen LogP) is 3.47. The van der Waals surface area contributed by atoms with Gasteiger partial charge in [0.1, 0.15) is 0 Å². The Morgan fingerprint density at radius 2 is 1.78 bits per heavy atom. The molecule has 0 unspecified atom stereocenters. The third kappa shape index (κ3) is 3.24. The van der Waals surface area contributed by atoms with E-state index in [1.165, 1.54) is 0 Å². The molecule has 0 aliphatic heterocycles. The van der Waals surface area contributed by atoms with E-state index >= 15 is 0 Å². The van der Waals surface area contributed by atoms with Gasteiger partial charge in [0.15, 0.2) is 0 Å². The van der Waals surface area contributed by atoms with Crippen molar-refractivity contribution in [2.75, 3.05) is 20.6 Å². The summed E-state index contributed by atoms with van der Waals surface area (Å²) in [5.41, 5.74) is 2.68. The largest absolute Gasteiger partial charge is 0.358 e. The minimum absolute atomic E-state index is 0.407. The van der Waals surface area contributed by atoms with Gasteiger partial charge in [-0.3, -0.25) is 4.57 Å². The van der Waals surface area contributed by atoms with Crippen molar-refractivity contribution < 1.29 is 14.4 Å². The van der Waals surface area contributed by atoms with Crippen molar-refractivity contribution >= 4 is 18.5 Å². The summed E-state index contributed by atoms with van der Waals surface area (Å²) in [6, 6.07) is 7.78. The third-order valence-electron chi connectivity index (χ3n) is 4.79. The summed E-state index contributed by atoms with van der Waals surface area (Å²) < 4.78 is 12.4. The van der Waals surface area contributed by atoms with E-state index in [9.17, 15) is 14.4 Å². The molecule has 1 aromatic heterocycles. The number of likely N-dealkylation sites (N-methyl/N-ethyl adjacent to an activating group) is 1. The lowest BCUT2D eigenvalue weighted by atomic mass is 9.89. The van der Waals surface area contributed by atoms with E-state index in [0.29, 0.717) is 12.8 Å². The first-order valence-corrected chi connectivity index (χ1v) is 9.68. The van der Waals surface area contributed by atoms with Crippen LogP contribution in [-0.2, 0) is 16.1 Å². The number of aromatic nitrogens is 1. The van der Waals surface area contributed by atoms with Crippen LogP contribution in [0.15, 0.2) is 24.3 Å². The van der Waals surface area contributed by atoms with Crippen LogP contribution in [0.4, 0.5) is 0 Å². The monoisotopic (exact) mass is 338 g/mol. The van der Waals surface area contributed by atoms with Gasteiger partial charge in [-0.15, -0.1) is 0 Å². The molecule has 0 fully saturated rings. The van der Waals surface area contributed by atoms with E-state index < -0.39 is 12.8 Å². The minimum Gasteiger partial charge on any atom is -0.358 e. The fourth-order valence-electron chi connectivity index (χ4n) is 3.41. The molecule has 0 bridgehead atoms. The van der Waals surface area contributed by atoms with E-state index in [2.05, 4.69) is 9.88 Å². The van der Waals surface area contributed by atoms with Gasteiger partial charge >= 0.3 is 7.60 Å². The maximum Gasteiger partial charge on any atom is 0.336 e. The van der Waals surface area contributed by atoms with E-state index in [1.54, 1.807) is 0 Å². The minimum atomic E-state index is -4.31. The van der Waals surface area contributed by atoms with E-state index in [-0.39, 0.29) is 0 Å². The highest BCUT2D eigenvalue weighted by Crippen LogP contribution is 2.62. The molecule has 3 N–H and O–H groups in total. The molecule has 2 aromatic rings. The first-order valence-electron chi connectivity index (χ1n) is 8.07. The average molecular weight is 338 g/mol. The number of hydrogen-bond acceptors (Lipinski definition) is 2. The zero-order valence-electron chi connectivity index (χ0n) is 14.3. The topological polar surface area (TPSA) is 76.6 Å². The van der Waals surface area contributed by atoms with Crippen molar-refractivity contribution in [3.05, 3.63) is 35.5 Å². The first kappa shape index (κ1) is 18.2. The average Bonchev–Trinajstić information content (AvgIpc) is 2.85. The Morgan fingerprint density at radius 1 is 1.17 bits per heavy atom. The van der Waals surface area contributed by atoms with Gasteiger partial charge in [0.2, 0.25) is 0 Å². The second kappa shape index (κ2) is 6.78. The fraction of sp³-hybridized carbons (Fsp3) is 0.529. The quantitative estimate of drug-likeness (QED) is 0.676. The Labute approximate surface area is 137 Å². The van der Waals surface area contributed by atoms with E-state index in [1.807, 2.05) is 52.2 Å². The molecular formula is C17H27N2O3P. The summed E-state index contributed by atoms with van der Waals surface area (Å²) in [6.07, 6.45) is 1.55. The van der Waals surface area contributed by atoms with Crippen LogP contribution in [-0.4, -0.2) is 40.3 Å². The second-order valence-electron chi connectivity index (χ2n) is 6.36. The zero-order chi connectivity index (χ0) is 17.3. The van der Waals surface area contributed by atoms with Crippen LogP contribution in [0.3, 0.4) is 0 Å². The van der Waals surface area contributed by atoms with Crippen molar-refractivity contribution in [2.24, 2.45) is 0 Å². The van der Waals surface area contributed by atoms with Crippen LogP contribution in [0.1, 0.15) is 37.9 Å². The third-order valence-corrected chi connectivity index (χ3v) is 6.76. The molecule has 23 heavy (non-hydrogen) atoms. The lowest BCUT2D eigenvalue weighted by molar-refractivity contribution is 0.315. The van der Waals surface area contributed by atoms with Crippen molar-refractivity contribution in [1.29, 1.82) is 0 Å². The van der Waals surface area contributed by atoms with Gasteiger partial charge in [-0.25, -0.2) is 0 Å². The van der Waals surface area contributed by atoms with Crippen molar-refractivity contribution in [2.45, 2.75) is 38.3 Å². The van der Waals surface area contributed by atoms with Crippen LogP contribution in [0.5, 0.6) is 0 Å². The number of hydrogen-bond donors (Lipinski definition) is 3. The molecule has 2 rings (SSSR count). The summed E-state index contributed by atoms with van der Waals surface area (Å²) in [5, 5.41) is -0.206. The molecule has 0 atom stereocenters. The van der Waals surface area contributed by atoms with Crippen LogP contribution >= 0.6 is 7.60 Å². The Kier molecular flexibility index (Phi) is 5.37. The number of rotatable bonds is 7. The molecule has 128 valence electrons. The summed E-state index contributed by atoms with van der Waals surface area (Å²) in [5.74, 6) is 0. The highest BCUT2D eigenvalue weighted by atomic mass is 31.2. The number of fused-ring (bicyclic) bond motifs is 1. The molecule has 1 heterocycles. The maximum absolute atomic E-state index is 12.4. The molecule has 0 saturated heterocycles. The second-order valence-corrected chi connectivity index (χ2v) is 8.30. The number of benzene rings is 1. The molecular weight excluding hydrogens is 311 g/mol. The number of para-hydroxylation sites is 1. The Hall–Kier alpha value is -1.13. The Bertz CT molecular complexity index is 714. The zero-order valence-corrected chi connectivity index (χ0v) is 15.2. The highest BCUT2D eigenvalue weighted by molar-refractivity contribution is 7.53. The Morgan fingerprint density at radius 3 is 2.30 bits per heavy atom. The number of H-pyrrole nitrogens is 1. The van der Waals surface area contributed by atoms with Crippen LogP contribution < -0.4 is 0 Å². The standard InChI is InChI=1S/C17H27N2O3P/c1-5-17(6-2,23(20,21)22)16-13-9-7-8-10-14(13)18-15(16)11-12-19(3)4/h7-10,18H,5-6,11-12H2,1-4H3,(H2,20,21,22). The molecule has 0 aliphatic carbocycles. The first-order chi connectivity index (χ1) is 10.8. The predicted molar refractivity (Wildman–Crippen MR) is 94.9 cm³/mol. The normalized spacial score (nSPS) is 13.2. The van der Waals surface area contributed by atoms with Gasteiger partial charge in [-0.2, -0.15) is 0 Å². The van der Waals surface area contributed by atoms with Gasteiger partial charge in [0.25, 0.3) is 0 Å². The molecule has 5 nitrogen and oxygen atoms in total. The van der Waals surface area contributed by atoms with E-state index in [0.717, 1.165) is 35.1 Å². The Balaban J connectivity index is 2.73. The highest BCUT2D eigenvalue weighted by Gasteiger charge is 2.48. The summed E-state index contributed by atoms with van der Waals surface area (Å²) in [7, 11) is -0.311. The van der Waals surface area contributed by atoms with Gasteiger partial charge < -0.3 is 19.7 Å². The van der Waals surface area contributed by atoms with Crippen LogP contribution in [0, 0.1) is 0 Å². The molecule has 0 amide bonds. The van der Waals surface area contributed by atoms with Gasteiger partial charge in [0, 0.05) is 29.6 Å². The molecule has 0 aliphatic rings. The van der Waals surface area contributed by atoms with Crippen molar-refractivity contribution in [3.63, 3.8) is 0 Å². The smallest absolute Gasteiger partial charge is 0.336 e. The number of aromatic amines is 1. The lowest BCUT2D eigenvalue weighted by Gasteiger charge is -2.33. The van der Waals surface area contributed by atoms with Gasteiger partial charge in [-0.05, 0) is 38.6 Å². The van der Waals surface area contributed by atoms with Crippen molar-refractivity contribution in [1.82, 2.24) is 9.88 Å².